The van der Waals surface area contributed by atoms with Gasteiger partial charge in [0.1, 0.15) is 6.61 Å². The Hall–Kier alpha value is -3.41. The first-order valence-corrected chi connectivity index (χ1v) is 15.6. The van der Waals surface area contributed by atoms with Gasteiger partial charge in [0.25, 0.3) is 5.56 Å². The third kappa shape index (κ3) is 6.04. The predicted molar refractivity (Wildman–Crippen MR) is 173 cm³/mol. The number of benzene rings is 3. The molecule has 0 N–H and O–H groups in total. The number of thiazole rings is 1. The van der Waals surface area contributed by atoms with E-state index in [0.717, 1.165) is 20.3 Å². The zero-order chi connectivity index (χ0) is 29.8. The standard InChI is InChI=1S/C32H28ClIN2O5S/c1-4-24-27(31(38)39-3)28(20-11-7-6-8-12-20)36-30(37)26(42-32(36)35-24)17-19-15-23(34)29(25(16-19)40-5-2)41-18-21-13-9-10-14-22(21)33/h6-17,28H,4-5,18H2,1-3H3/b26-17+/t28-/m1/s1. The average molecular weight is 715 g/mol. The van der Waals surface area contributed by atoms with Gasteiger partial charge in [0.2, 0.25) is 0 Å². The van der Waals surface area contributed by atoms with Gasteiger partial charge in [-0.15, -0.1) is 0 Å². The monoisotopic (exact) mass is 714 g/mol. The molecule has 5 rings (SSSR count). The third-order valence-electron chi connectivity index (χ3n) is 6.72. The van der Waals surface area contributed by atoms with Crippen LogP contribution in [0.25, 0.3) is 6.08 Å². The van der Waals surface area contributed by atoms with Crippen LogP contribution < -0.4 is 24.4 Å². The highest BCUT2D eigenvalue weighted by Crippen LogP contribution is 2.36. The van der Waals surface area contributed by atoms with E-state index in [1.807, 2.05) is 86.7 Å². The predicted octanol–water partition coefficient (Wildman–Crippen LogP) is 6.03. The van der Waals surface area contributed by atoms with Crippen LogP contribution in [0.5, 0.6) is 11.5 Å². The van der Waals surface area contributed by atoms with E-state index >= 15 is 0 Å². The molecule has 0 bridgehead atoms. The van der Waals surface area contributed by atoms with Crippen molar-refractivity contribution in [2.24, 2.45) is 4.99 Å². The van der Waals surface area contributed by atoms with Crippen molar-refractivity contribution in [2.45, 2.75) is 32.9 Å². The van der Waals surface area contributed by atoms with E-state index in [1.165, 1.54) is 18.4 Å². The molecule has 1 aliphatic rings. The summed E-state index contributed by atoms with van der Waals surface area (Å²) in [5.41, 5.74) is 3.19. The molecule has 1 aromatic heterocycles. The summed E-state index contributed by atoms with van der Waals surface area (Å²) in [7, 11) is 1.34. The van der Waals surface area contributed by atoms with Gasteiger partial charge < -0.3 is 14.2 Å². The number of aromatic nitrogens is 1. The fourth-order valence-electron chi connectivity index (χ4n) is 4.81. The Labute approximate surface area is 265 Å². The second-order valence-electron chi connectivity index (χ2n) is 9.34. The van der Waals surface area contributed by atoms with Gasteiger partial charge in [-0.1, -0.05) is 78.4 Å². The lowest BCUT2D eigenvalue weighted by Gasteiger charge is -2.25. The molecule has 2 heterocycles. The van der Waals surface area contributed by atoms with Crippen molar-refractivity contribution < 1.29 is 19.0 Å². The van der Waals surface area contributed by atoms with Gasteiger partial charge in [-0.3, -0.25) is 9.36 Å². The van der Waals surface area contributed by atoms with Crippen molar-refractivity contribution in [3.05, 3.63) is 123 Å². The van der Waals surface area contributed by atoms with Gasteiger partial charge in [0, 0.05) is 10.6 Å². The molecule has 1 atom stereocenters. The van der Waals surface area contributed by atoms with E-state index in [-0.39, 0.29) is 12.2 Å². The van der Waals surface area contributed by atoms with Crippen LogP contribution in [0.15, 0.2) is 87.8 Å². The Balaban J connectivity index is 1.60. The van der Waals surface area contributed by atoms with Gasteiger partial charge in [-0.2, -0.15) is 0 Å². The summed E-state index contributed by atoms with van der Waals surface area (Å²) in [6.45, 7) is 4.57. The van der Waals surface area contributed by atoms with E-state index in [9.17, 15) is 9.59 Å². The van der Waals surface area contributed by atoms with Crippen molar-refractivity contribution in [1.29, 1.82) is 0 Å². The second-order valence-corrected chi connectivity index (χ2v) is 11.9. The molecule has 0 saturated heterocycles. The summed E-state index contributed by atoms with van der Waals surface area (Å²) in [6.07, 6.45) is 2.34. The molecule has 0 fully saturated rings. The number of ether oxygens (including phenoxy) is 3. The number of carbonyl (C=O) groups excluding carboxylic acids is 1. The molecule has 4 aromatic rings. The number of hydrogen-bond donors (Lipinski definition) is 0. The van der Waals surface area contributed by atoms with Crippen LogP contribution in [-0.4, -0.2) is 24.3 Å². The first-order chi connectivity index (χ1) is 20.4. The fraction of sp³-hybridized carbons (Fsp3) is 0.219. The second kappa shape index (κ2) is 13.3. The Kier molecular flexibility index (Phi) is 9.50. The number of esters is 1. The largest absolute Gasteiger partial charge is 0.490 e. The number of rotatable bonds is 9. The number of hydrogen-bond acceptors (Lipinski definition) is 7. The summed E-state index contributed by atoms with van der Waals surface area (Å²) in [5.74, 6) is 0.677. The SMILES string of the molecule is CCOc1cc(/C=c2/sc3n(c2=O)[C@H](c2ccccc2)C(C(=O)OC)=C(CC)N=3)cc(I)c1OCc1ccccc1Cl. The summed E-state index contributed by atoms with van der Waals surface area (Å²) in [6, 6.07) is 20.2. The lowest BCUT2D eigenvalue weighted by molar-refractivity contribution is -0.136. The van der Waals surface area contributed by atoms with E-state index in [1.54, 1.807) is 4.57 Å². The fourth-order valence-corrected chi connectivity index (χ4v) is 6.80. The molecule has 42 heavy (non-hydrogen) atoms. The number of halogens is 2. The van der Waals surface area contributed by atoms with Crippen molar-refractivity contribution >= 4 is 57.6 Å². The average Bonchev–Trinajstić information content (AvgIpc) is 3.30. The molecular formula is C32H28ClIN2O5S. The van der Waals surface area contributed by atoms with Crippen LogP contribution in [0.2, 0.25) is 5.02 Å². The van der Waals surface area contributed by atoms with Gasteiger partial charge in [-0.05, 0) is 71.3 Å². The number of allylic oxidation sites excluding steroid dienone is 1. The minimum absolute atomic E-state index is 0.240. The Morgan fingerprint density at radius 3 is 2.52 bits per heavy atom. The van der Waals surface area contributed by atoms with E-state index < -0.39 is 12.0 Å². The zero-order valence-corrected chi connectivity index (χ0v) is 27.0. The number of nitrogens with zero attached hydrogens (tertiary/aromatic N) is 2. The summed E-state index contributed by atoms with van der Waals surface area (Å²) >= 11 is 9.82. The Morgan fingerprint density at radius 2 is 1.83 bits per heavy atom. The van der Waals surface area contributed by atoms with Crippen LogP contribution in [0.1, 0.15) is 43.0 Å². The van der Waals surface area contributed by atoms with Crippen LogP contribution in [-0.2, 0) is 16.1 Å². The molecule has 0 unspecified atom stereocenters. The lowest BCUT2D eigenvalue weighted by atomic mass is 9.95. The van der Waals surface area contributed by atoms with Crippen LogP contribution in [0, 0.1) is 3.57 Å². The normalized spacial score (nSPS) is 14.8. The van der Waals surface area contributed by atoms with Crippen molar-refractivity contribution in [3.63, 3.8) is 0 Å². The summed E-state index contributed by atoms with van der Waals surface area (Å²) in [4.78, 5) is 32.2. The summed E-state index contributed by atoms with van der Waals surface area (Å²) < 4.78 is 20.1. The zero-order valence-electron chi connectivity index (χ0n) is 23.2. The van der Waals surface area contributed by atoms with E-state index in [4.69, 9.17) is 30.8 Å². The van der Waals surface area contributed by atoms with Gasteiger partial charge in [0.15, 0.2) is 16.3 Å². The molecule has 216 valence electrons. The van der Waals surface area contributed by atoms with Crippen molar-refractivity contribution in [2.75, 3.05) is 13.7 Å². The number of carbonyl (C=O) groups is 1. The number of methoxy groups -OCH3 is 1. The quantitative estimate of drug-likeness (QED) is 0.156. The van der Waals surface area contributed by atoms with Gasteiger partial charge in [0.05, 0.1) is 39.1 Å². The molecule has 0 saturated carbocycles. The summed E-state index contributed by atoms with van der Waals surface area (Å²) in [5, 5.41) is 0.632. The van der Waals surface area contributed by atoms with E-state index in [0.29, 0.717) is 50.2 Å². The molecular weight excluding hydrogens is 687 g/mol. The molecule has 3 aromatic carbocycles. The van der Waals surface area contributed by atoms with E-state index in [2.05, 4.69) is 22.6 Å². The van der Waals surface area contributed by atoms with Gasteiger partial charge in [-0.25, -0.2) is 9.79 Å². The maximum atomic E-state index is 13.9. The molecule has 10 heteroatoms. The van der Waals surface area contributed by atoms with Crippen molar-refractivity contribution in [3.8, 4) is 11.5 Å². The molecule has 0 radical (unpaired) electrons. The van der Waals surface area contributed by atoms with Crippen LogP contribution in [0.3, 0.4) is 0 Å². The highest BCUT2D eigenvalue weighted by Gasteiger charge is 2.33. The Bertz CT molecular complexity index is 1850. The van der Waals surface area contributed by atoms with Crippen LogP contribution in [0.4, 0.5) is 0 Å². The number of fused-ring (bicyclic) bond motifs is 1. The van der Waals surface area contributed by atoms with Gasteiger partial charge >= 0.3 is 5.97 Å². The molecule has 7 nitrogen and oxygen atoms in total. The highest BCUT2D eigenvalue weighted by atomic mass is 127. The first kappa shape index (κ1) is 30.1. The minimum atomic E-state index is -0.647. The molecule has 0 amide bonds. The van der Waals surface area contributed by atoms with Crippen molar-refractivity contribution in [1.82, 2.24) is 4.57 Å². The molecule has 0 aliphatic carbocycles. The smallest absolute Gasteiger partial charge is 0.338 e. The first-order valence-electron chi connectivity index (χ1n) is 13.4. The third-order valence-corrected chi connectivity index (χ3v) is 8.88. The maximum Gasteiger partial charge on any atom is 0.338 e. The van der Waals surface area contributed by atoms with Crippen LogP contribution >= 0.6 is 45.5 Å². The lowest BCUT2D eigenvalue weighted by Crippen LogP contribution is -2.40. The highest BCUT2D eigenvalue weighted by molar-refractivity contribution is 14.1. The Morgan fingerprint density at radius 1 is 1.10 bits per heavy atom. The maximum absolute atomic E-state index is 13.9. The molecule has 1 aliphatic heterocycles. The topological polar surface area (TPSA) is 79.1 Å². The molecule has 0 spiro atoms. The minimum Gasteiger partial charge on any atom is -0.490 e.